The van der Waals surface area contributed by atoms with Crippen molar-refractivity contribution < 1.29 is 13.2 Å². The van der Waals surface area contributed by atoms with Crippen LogP contribution in [0.2, 0.25) is 0 Å². The molecule has 1 aromatic heterocycles. The highest BCUT2D eigenvalue weighted by Gasteiger charge is 2.23. The van der Waals surface area contributed by atoms with E-state index in [-0.39, 0.29) is 23.4 Å². The largest absolute Gasteiger partial charge is 0.346 e. The first-order valence-corrected chi connectivity index (χ1v) is 9.44. The Labute approximate surface area is 148 Å². The van der Waals surface area contributed by atoms with Gasteiger partial charge in [-0.2, -0.15) is 4.31 Å². The molecule has 1 aromatic carbocycles. The molecule has 0 aliphatic heterocycles. The quantitative estimate of drug-likeness (QED) is 0.856. The molecule has 0 aliphatic carbocycles. The van der Waals surface area contributed by atoms with Crippen molar-refractivity contribution in [2.75, 3.05) is 7.05 Å². The van der Waals surface area contributed by atoms with Crippen LogP contribution >= 0.6 is 0 Å². The van der Waals surface area contributed by atoms with E-state index in [9.17, 15) is 13.2 Å². The molecule has 25 heavy (non-hydrogen) atoms. The summed E-state index contributed by atoms with van der Waals surface area (Å²) in [4.78, 5) is 16.8. The van der Waals surface area contributed by atoms with Gasteiger partial charge in [-0.3, -0.25) is 9.78 Å². The monoisotopic (exact) mass is 361 g/mol. The lowest BCUT2D eigenvalue weighted by atomic mass is 10.2. The lowest BCUT2D eigenvalue weighted by Gasteiger charge is -2.21. The van der Waals surface area contributed by atoms with Crippen LogP contribution < -0.4 is 5.32 Å². The lowest BCUT2D eigenvalue weighted by molar-refractivity contribution is 0.0950. The average molecular weight is 361 g/mol. The number of aromatic nitrogens is 1. The van der Waals surface area contributed by atoms with E-state index in [1.54, 1.807) is 26.0 Å². The van der Waals surface area contributed by atoms with E-state index in [2.05, 4.69) is 10.3 Å². The average Bonchev–Trinajstić information content (AvgIpc) is 2.59. The van der Waals surface area contributed by atoms with Gasteiger partial charge in [-0.25, -0.2) is 8.42 Å². The fourth-order valence-corrected chi connectivity index (χ4v) is 3.63. The van der Waals surface area contributed by atoms with Crippen molar-refractivity contribution in [3.63, 3.8) is 0 Å². The molecular formula is C18H23N3O3S. The maximum atomic E-state index is 12.5. The molecule has 0 fully saturated rings. The van der Waals surface area contributed by atoms with Gasteiger partial charge in [0.2, 0.25) is 10.0 Å². The van der Waals surface area contributed by atoms with Gasteiger partial charge in [0.1, 0.15) is 0 Å². The molecule has 1 N–H and O–H groups in total. The van der Waals surface area contributed by atoms with Crippen LogP contribution in [0, 0.1) is 6.92 Å². The van der Waals surface area contributed by atoms with Crippen molar-refractivity contribution in [1.82, 2.24) is 14.6 Å². The van der Waals surface area contributed by atoms with E-state index < -0.39 is 10.0 Å². The minimum Gasteiger partial charge on any atom is -0.346 e. The number of benzene rings is 1. The first kappa shape index (κ1) is 19.1. The zero-order valence-electron chi connectivity index (χ0n) is 14.9. The van der Waals surface area contributed by atoms with Crippen molar-refractivity contribution in [3.8, 4) is 0 Å². The van der Waals surface area contributed by atoms with Gasteiger partial charge in [0.05, 0.1) is 17.1 Å². The van der Waals surface area contributed by atoms with E-state index in [4.69, 9.17) is 0 Å². The first-order valence-electron chi connectivity index (χ1n) is 8.00. The summed E-state index contributed by atoms with van der Waals surface area (Å²) in [6.07, 6.45) is 0. The van der Waals surface area contributed by atoms with Gasteiger partial charge in [0.25, 0.3) is 5.91 Å². The number of rotatable bonds is 6. The highest BCUT2D eigenvalue weighted by atomic mass is 32.2. The molecule has 2 rings (SSSR count). The minimum atomic E-state index is -3.63. The highest BCUT2D eigenvalue weighted by molar-refractivity contribution is 7.89. The van der Waals surface area contributed by atoms with Gasteiger partial charge in [-0.05, 0) is 51.1 Å². The molecule has 1 heterocycles. The Hall–Kier alpha value is -2.25. The lowest BCUT2D eigenvalue weighted by Crippen LogP contribution is -2.33. The summed E-state index contributed by atoms with van der Waals surface area (Å²) < 4.78 is 26.4. The van der Waals surface area contributed by atoms with Crippen LogP contribution in [-0.4, -0.2) is 36.7 Å². The third-order valence-electron chi connectivity index (χ3n) is 3.88. The van der Waals surface area contributed by atoms with E-state index >= 15 is 0 Å². The fourth-order valence-electron chi connectivity index (χ4n) is 2.21. The number of hydrogen-bond donors (Lipinski definition) is 1. The normalized spacial score (nSPS) is 11.8. The molecule has 0 unspecified atom stereocenters. The van der Waals surface area contributed by atoms with Crippen LogP contribution in [-0.2, 0) is 16.6 Å². The maximum absolute atomic E-state index is 12.5. The molecular weight excluding hydrogens is 338 g/mol. The standard InChI is InChI=1S/C18H23N3O3S/c1-13(2)21(4)25(23,24)17-10-6-8-15(11-17)18(22)19-12-16-9-5-7-14(3)20-16/h5-11,13H,12H2,1-4H3,(H,19,22). The minimum absolute atomic E-state index is 0.102. The predicted molar refractivity (Wildman–Crippen MR) is 96.7 cm³/mol. The molecule has 134 valence electrons. The van der Waals surface area contributed by atoms with Crippen LogP contribution in [0.25, 0.3) is 0 Å². The Morgan fingerprint density at radius 1 is 1.20 bits per heavy atom. The van der Waals surface area contributed by atoms with Crippen LogP contribution in [0.5, 0.6) is 0 Å². The smallest absolute Gasteiger partial charge is 0.251 e. The second-order valence-corrected chi connectivity index (χ2v) is 8.09. The molecule has 7 heteroatoms. The topological polar surface area (TPSA) is 79.4 Å². The molecule has 0 bridgehead atoms. The number of amides is 1. The van der Waals surface area contributed by atoms with Crippen molar-refractivity contribution in [3.05, 3.63) is 59.4 Å². The van der Waals surface area contributed by atoms with Crippen LogP contribution in [0.4, 0.5) is 0 Å². The number of hydrogen-bond acceptors (Lipinski definition) is 4. The second-order valence-electron chi connectivity index (χ2n) is 6.10. The second kappa shape index (κ2) is 7.76. The molecule has 0 aliphatic rings. The van der Waals surface area contributed by atoms with E-state index in [1.165, 1.54) is 23.5 Å². The summed E-state index contributed by atoms with van der Waals surface area (Å²) in [5, 5.41) is 2.76. The number of nitrogens with zero attached hydrogens (tertiary/aromatic N) is 2. The molecule has 1 amide bonds. The van der Waals surface area contributed by atoms with Crippen molar-refractivity contribution in [1.29, 1.82) is 0 Å². The molecule has 0 radical (unpaired) electrons. The summed E-state index contributed by atoms with van der Waals surface area (Å²) in [5.41, 5.74) is 1.92. The Kier molecular flexibility index (Phi) is 5.92. The number of sulfonamides is 1. The van der Waals surface area contributed by atoms with Gasteiger partial charge in [0, 0.05) is 24.3 Å². The number of carbonyl (C=O) groups is 1. The zero-order valence-corrected chi connectivity index (χ0v) is 15.7. The van der Waals surface area contributed by atoms with Crippen LogP contribution in [0.3, 0.4) is 0 Å². The van der Waals surface area contributed by atoms with Crippen LogP contribution in [0.1, 0.15) is 35.6 Å². The van der Waals surface area contributed by atoms with Gasteiger partial charge < -0.3 is 5.32 Å². The third-order valence-corrected chi connectivity index (χ3v) is 5.91. The molecule has 6 nitrogen and oxygen atoms in total. The van der Waals surface area contributed by atoms with Gasteiger partial charge >= 0.3 is 0 Å². The fraction of sp³-hybridized carbons (Fsp3) is 0.333. The van der Waals surface area contributed by atoms with E-state index in [1.807, 2.05) is 25.1 Å². The molecule has 0 atom stereocenters. The predicted octanol–water partition coefficient (Wildman–Crippen LogP) is 2.35. The summed E-state index contributed by atoms with van der Waals surface area (Å²) >= 11 is 0. The van der Waals surface area contributed by atoms with E-state index in [0.29, 0.717) is 5.56 Å². The van der Waals surface area contributed by atoms with E-state index in [0.717, 1.165) is 11.4 Å². The summed E-state index contributed by atoms with van der Waals surface area (Å²) in [5.74, 6) is -0.340. The zero-order chi connectivity index (χ0) is 18.6. The van der Waals surface area contributed by atoms with Crippen molar-refractivity contribution in [2.24, 2.45) is 0 Å². The molecule has 2 aromatic rings. The van der Waals surface area contributed by atoms with Crippen molar-refractivity contribution in [2.45, 2.75) is 38.3 Å². The summed E-state index contributed by atoms with van der Waals surface area (Å²) in [6.45, 7) is 5.75. The maximum Gasteiger partial charge on any atom is 0.251 e. The van der Waals surface area contributed by atoms with Crippen molar-refractivity contribution >= 4 is 15.9 Å². The number of carbonyl (C=O) groups excluding carboxylic acids is 1. The number of pyridine rings is 1. The Morgan fingerprint density at radius 3 is 2.52 bits per heavy atom. The Balaban J connectivity index is 2.16. The number of nitrogens with one attached hydrogen (secondary N) is 1. The van der Waals surface area contributed by atoms with Gasteiger partial charge in [-0.1, -0.05) is 12.1 Å². The summed E-state index contributed by atoms with van der Waals surface area (Å²) in [7, 11) is -2.10. The Morgan fingerprint density at radius 2 is 1.88 bits per heavy atom. The van der Waals surface area contributed by atoms with Gasteiger partial charge in [-0.15, -0.1) is 0 Å². The molecule has 0 saturated carbocycles. The summed E-state index contributed by atoms with van der Waals surface area (Å²) in [6, 6.07) is 11.5. The molecule has 0 spiro atoms. The third kappa shape index (κ3) is 4.64. The first-order chi connectivity index (χ1) is 11.7. The Bertz CT molecular complexity index is 863. The molecule has 0 saturated heterocycles. The van der Waals surface area contributed by atoms with Gasteiger partial charge in [0.15, 0.2) is 0 Å². The highest BCUT2D eigenvalue weighted by Crippen LogP contribution is 2.18. The van der Waals surface area contributed by atoms with Crippen LogP contribution in [0.15, 0.2) is 47.4 Å². The SMILES string of the molecule is Cc1cccc(CNC(=O)c2cccc(S(=O)(=O)N(C)C(C)C)c2)n1. The number of aryl methyl sites for hydroxylation is 1.